The SMILES string of the molecule is Cc1ccc(-c2nc3ccc(C)cn3c2C(=O)NC(C(=O)O)C(C)C)cc1. The van der Waals surface area contributed by atoms with Crippen LogP contribution in [0.5, 0.6) is 0 Å². The van der Waals surface area contributed by atoms with Crippen LogP contribution >= 0.6 is 0 Å². The van der Waals surface area contributed by atoms with Crippen LogP contribution in [0.2, 0.25) is 0 Å². The lowest BCUT2D eigenvalue weighted by Crippen LogP contribution is -2.44. The molecular weight excluding hydrogens is 342 g/mol. The third-order valence-electron chi connectivity index (χ3n) is 4.53. The zero-order valence-electron chi connectivity index (χ0n) is 15.9. The molecule has 0 aliphatic rings. The number of carbonyl (C=O) groups excluding carboxylic acids is 1. The first-order valence-electron chi connectivity index (χ1n) is 8.87. The fraction of sp³-hybridized carbons (Fsp3) is 0.286. The molecule has 6 heteroatoms. The van der Waals surface area contributed by atoms with Crippen LogP contribution in [0.25, 0.3) is 16.9 Å². The van der Waals surface area contributed by atoms with Gasteiger partial charge in [-0.05, 0) is 31.4 Å². The quantitative estimate of drug-likeness (QED) is 0.725. The molecule has 0 fully saturated rings. The van der Waals surface area contributed by atoms with E-state index in [1.807, 2.05) is 56.4 Å². The van der Waals surface area contributed by atoms with Gasteiger partial charge < -0.3 is 10.4 Å². The molecular formula is C21H23N3O3. The topological polar surface area (TPSA) is 83.7 Å². The lowest BCUT2D eigenvalue weighted by Gasteiger charge is -2.18. The molecule has 0 radical (unpaired) electrons. The van der Waals surface area contributed by atoms with Gasteiger partial charge in [0.05, 0.1) is 0 Å². The first kappa shape index (κ1) is 18.6. The number of benzene rings is 1. The van der Waals surface area contributed by atoms with E-state index in [9.17, 15) is 14.7 Å². The van der Waals surface area contributed by atoms with Gasteiger partial charge in [0.2, 0.25) is 0 Å². The van der Waals surface area contributed by atoms with E-state index in [1.54, 1.807) is 18.2 Å². The van der Waals surface area contributed by atoms with E-state index in [-0.39, 0.29) is 5.92 Å². The van der Waals surface area contributed by atoms with Crippen molar-refractivity contribution >= 4 is 17.5 Å². The number of aliphatic carboxylic acids is 1. The summed E-state index contributed by atoms with van der Waals surface area (Å²) in [6.07, 6.45) is 1.83. The highest BCUT2D eigenvalue weighted by Gasteiger charge is 2.28. The maximum absolute atomic E-state index is 13.1. The molecule has 1 unspecified atom stereocenters. The van der Waals surface area contributed by atoms with Gasteiger partial charge in [0.15, 0.2) is 0 Å². The zero-order valence-corrected chi connectivity index (χ0v) is 15.9. The molecule has 0 saturated heterocycles. The number of nitrogens with one attached hydrogen (secondary N) is 1. The molecule has 0 aliphatic heterocycles. The van der Waals surface area contributed by atoms with Crippen molar-refractivity contribution < 1.29 is 14.7 Å². The van der Waals surface area contributed by atoms with Crippen LogP contribution in [0.15, 0.2) is 42.6 Å². The Morgan fingerprint density at radius 1 is 1.04 bits per heavy atom. The van der Waals surface area contributed by atoms with Gasteiger partial charge in [0.1, 0.15) is 23.1 Å². The largest absolute Gasteiger partial charge is 0.480 e. The molecule has 140 valence electrons. The molecule has 27 heavy (non-hydrogen) atoms. The second-order valence-electron chi connectivity index (χ2n) is 7.14. The number of rotatable bonds is 5. The number of carboxylic acids is 1. The minimum Gasteiger partial charge on any atom is -0.480 e. The van der Waals surface area contributed by atoms with Gasteiger partial charge >= 0.3 is 5.97 Å². The first-order valence-corrected chi connectivity index (χ1v) is 8.87. The Morgan fingerprint density at radius 3 is 2.26 bits per heavy atom. The van der Waals surface area contributed by atoms with E-state index >= 15 is 0 Å². The molecule has 0 aliphatic carbocycles. The van der Waals surface area contributed by atoms with Crippen molar-refractivity contribution in [2.45, 2.75) is 33.7 Å². The number of imidazole rings is 1. The number of hydrogen-bond acceptors (Lipinski definition) is 3. The lowest BCUT2D eigenvalue weighted by atomic mass is 10.0. The Labute approximate surface area is 157 Å². The molecule has 1 amide bonds. The van der Waals surface area contributed by atoms with Crippen molar-refractivity contribution in [3.8, 4) is 11.3 Å². The summed E-state index contributed by atoms with van der Waals surface area (Å²) in [6, 6.07) is 10.5. The standard InChI is InChI=1S/C21H23N3O3/c1-12(2)17(21(26)27)23-20(25)19-18(15-8-5-13(3)6-9-15)22-16-10-7-14(4)11-24(16)19/h5-12,17H,1-4H3,(H,23,25)(H,26,27). The van der Waals surface area contributed by atoms with Crippen molar-refractivity contribution in [1.29, 1.82) is 0 Å². The number of fused-ring (bicyclic) bond motifs is 1. The molecule has 2 heterocycles. The number of pyridine rings is 1. The summed E-state index contributed by atoms with van der Waals surface area (Å²) < 4.78 is 1.72. The minimum absolute atomic E-state index is 0.241. The van der Waals surface area contributed by atoms with Gasteiger partial charge in [-0.1, -0.05) is 49.7 Å². The summed E-state index contributed by atoms with van der Waals surface area (Å²) in [7, 11) is 0. The number of aryl methyl sites for hydroxylation is 2. The van der Waals surface area contributed by atoms with E-state index in [1.165, 1.54) is 0 Å². The number of carboxylic acid groups (broad SMARTS) is 1. The van der Waals surface area contributed by atoms with E-state index in [2.05, 4.69) is 10.3 Å². The predicted octanol–water partition coefficient (Wildman–Crippen LogP) is 3.46. The van der Waals surface area contributed by atoms with Gasteiger partial charge in [-0.15, -0.1) is 0 Å². The monoisotopic (exact) mass is 365 g/mol. The fourth-order valence-corrected chi connectivity index (χ4v) is 3.00. The molecule has 0 spiro atoms. The fourth-order valence-electron chi connectivity index (χ4n) is 3.00. The zero-order chi connectivity index (χ0) is 19.7. The van der Waals surface area contributed by atoms with Crippen LogP contribution in [0.3, 0.4) is 0 Å². The lowest BCUT2D eigenvalue weighted by molar-refractivity contribution is -0.140. The number of aromatic nitrogens is 2. The predicted molar refractivity (Wildman–Crippen MR) is 104 cm³/mol. The van der Waals surface area contributed by atoms with E-state index in [0.717, 1.165) is 16.7 Å². The van der Waals surface area contributed by atoms with E-state index in [4.69, 9.17) is 0 Å². The van der Waals surface area contributed by atoms with Crippen molar-refractivity contribution in [2.24, 2.45) is 5.92 Å². The molecule has 3 rings (SSSR count). The molecule has 0 saturated carbocycles. The summed E-state index contributed by atoms with van der Waals surface area (Å²) in [5, 5.41) is 12.1. The summed E-state index contributed by atoms with van der Waals surface area (Å²) in [6.45, 7) is 7.45. The minimum atomic E-state index is -1.06. The molecule has 2 aromatic heterocycles. The average molecular weight is 365 g/mol. The van der Waals surface area contributed by atoms with Gasteiger partial charge in [-0.2, -0.15) is 0 Å². The average Bonchev–Trinajstić information content (AvgIpc) is 2.98. The van der Waals surface area contributed by atoms with Crippen molar-refractivity contribution in [3.05, 3.63) is 59.4 Å². The maximum Gasteiger partial charge on any atom is 0.326 e. The first-order chi connectivity index (χ1) is 12.8. The van der Waals surface area contributed by atoms with E-state index < -0.39 is 17.9 Å². The normalized spacial score (nSPS) is 12.3. The Bertz CT molecular complexity index is 1000. The van der Waals surface area contributed by atoms with Crippen LogP contribution in [0.1, 0.15) is 35.5 Å². The second-order valence-corrected chi connectivity index (χ2v) is 7.14. The molecule has 1 atom stereocenters. The number of carbonyl (C=O) groups is 2. The Balaban J connectivity index is 2.15. The van der Waals surface area contributed by atoms with Gasteiger partial charge in [0.25, 0.3) is 5.91 Å². The summed E-state index contributed by atoms with van der Waals surface area (Å²) >= 11 is 0. The number of nitrogens with zero attached hydrogens (tertiary/aromatic N) is 2. The van der Waals surface area contributed by atoms with Crippen LogP contribution in [-0.2, 0) is 4.79 Å². The Kier molecular flexibility index (Phi) is 4.99. The summed E-state index contributed by atoms with van der Waals surface area (Å²) in [4.78, 5) is 29.2. The molecule has 3 aromatic rings. The molecule has 2 N–H and O–H groups in total. The third-order valence-corrected chi connectivity index (χ3v) is 4.53. The summed E-state index contributed by atoms with van der Waals surface area (Å²) in [5.74, 6) is -1.75. The maximum atomic E-state index is 13.1. The Hall–Kier alpha value is -3.15. The third kappa shape index (κ3) is 3.69. The summed E-state index contributed by atoms with van der Waals surface area (Å²) in [5.41, 5.74) is 4.40. The van der Waals surface area contributed by atoms with Crippen molar-refractivity contribution in [2.75, 3.05) is 0 Å². The van der Waals surface area contributed by atoms with Crippen LogP contribution < -0.4 is 5.32 Å². The van der Waals surface area contributed by atoms with Crippen molar-refractivity contribution in [3.63, 3.8) is 0 Å². The van der Waals surface area contributed by atoms with Gasteiger partial charge in [0, 0.05) is 11.8 Å². The van der Waals surface area contributed by atoms with Crippen LogP contribution in [-0.4, -0.2) is 32.4 Å². The highest BCUT2D eigenvalue weighted by Crippen LogP contribution is 2.25. The molecule has 1 aromatic carbocycles. The highest BCUT2D eigenvalue weighted by molar-refractivity contribution is 6.01. The highest BCUT2D eigenvalue weighted by atomic mass is 16.4. The van der Waals surface area contributed by atoms with E-state index in [0.29, 0.717) is 17.0 Å². The smallest absolute Gasteiger partial charge is 0.326 e. The van der Waals surface area contributed by atoms with Gasteiger partial charge in [-0.25, -0.2) is 9.78 Å². The number of hydrogen-bond donors (Lipinski definition) is 2. The molecule has 0 bridgehead atoms. The second kappa shape index (κ2) is 7.23. The number of amides is 1. The van der Waals surface area contributed by atoms with Crippen LogP contribution in [0.4, 0.5) is 0 Å². The van der Waals surface area contributed by atoms with Crippen LogP contribution in [0, 0.1) is 19.8 Å². The van der Waals surface area contributed by atoms with Crippen molar-refractivity contribution in [1.82, 2.24) is 14.7 Å². The Morgan fingerprint density at radius 2 is 1.67 bits per heavy atom. The molecule has 6 nitrogen and oxygen atoms in total. The van der Waals surface area contributed by atoms with Gasteiger partial charge in [-0.3, -0.25) is 9.20 Å².